The van der Waals surface area contributed by atoms with E-state index in [0.29, 0.717) is 0 Å². The molecule has 18 heavy (non-hydrogen) atoms. The van der Waals surface area contributed by atoms with Gasteiger partial charge in [-0.15, -0.1) is 11.8 Å². The molecular weight excluding hydrogens is 280 g/mol. The highest BCUT2D eigenvalue weighted by atomic mass is 32.2. The third kappa shape index (κ3) is 2.88. The lowest BCUT2D eigenvalue weighted by atomic mass is 10.2. The van der Waals surface area contributed by atoms with Gasteiger partial charge in [0.2, 0.25) is 8.32 Å². The predicted octanol–water partition coefficient (Wildman–Crippen LogP) is 4.12. The van der Waals surface area contributed by atoms with Gasteiger partial charge in [-0.2, -0.15) is 0 Å². The van der Waals surface area contributed by atoms with Crippen LogP contribution >= 0.6 is 11.8 Å². The van der Waals surface area contributed by atoms with Crippen molar-refractivity contribution < 1.29 is 8.63 Å². The van der Waals surface area contributed by atoms with Gasteiger partial charge < -0.3 is 4.43 Å². The summed E-state index contributed by atoms with van der Waals surface area (Å²) in [6.07, 6.45) is 0.831. The number of thioether (sulfide) groups is 1. The molecule has 0 radical (unpaired) electrons. The summed E-state index contributed by atoms with van der Waals surface area (Å²) in [7, 11) is -2.73. The Kier molecular flexibility index (Phi) is 4.83. The molecule has 1 aliphatic heterocycles. The molecule has 0 N–H and O–H groups in total. The molecule has 5 heteroatoms. The summed E-state index contributed by atoms with van der Waals surface area (Å²) in [5, 5.41) is 0.148. The SMILES string of the molecule is C=C(O[Si](C)(C)C(C)(C)C)C1(CC)SCCS1=O. The predicted molar refractivity (Wildman–Crippen MR) is 85.9 cm³/mol. The normalized spacial score (nSPS) is 29.3. The van der Waals surface area contributed by atoms with Crippen LogP contribution in [0.5, 0.6) is 0 Å². The van der Waals surface area contributed by atoms with Gasteiger partial charge in [0.05, 0.1) is 0 Å². The van der Waals surface area contributed by atoms with E-state index in [1.807, 2.05) is 0 Å². The topological polar surface area (TPSA) is 26.3 Å². The second-order valence-electron chi connectivity index (χ2n) is 6.29. The minimum Gasteiger partial charge on any atom is -0.545 e. The van der Waals surface area contributed by atoms with Crippen molar-refractivity contribution >= 4 is 30.9 Å². The smallest absolute Gasteiger partial charge is 0.250 e. The molecule has 0 saturated carbocycles. The van der Waals surface area contributed by atoms with E-state index in [1.54, 1.807) is 11.8 Å². The Balaban J connectivity index is 2.92. The number of rotatable bonds is 4. The summed E-state index contributed by atoms with van der Waals surface area (Å²) in [5.74, 6) is 2.45. The second-order valence-corrected chi connectivity index (χ2v) is 14.5. The molecule has 2 nitrogen and oxygen atoms in total. The van der Waals surface area contributed by atoms with E-state index in [2.05, 4.69) is 47.4 Å². The van der Waals surface area contributed by atoms with Gasteiger partial charge in [0, 0.05) is 22.3 Å². The molecule has 0 aromatic carbocycles. The first-order valence-electron chi connectivity index (χ1n) is 6.47. The highest BCUT2D eigenvalue weighted by molar-refractivity contribution is 8.15. The van der Waals surface area contributed by atoms with Crippen molar-refractivity contribution in [2.24, 2.45) is 0 Å². The molecule has 0 aliphatic carbocycles. The standard InChI is InChI=1S/C13H26O2S2Si/c1-8-13(16-9-10-17(13)14)11(2)15-18(6,7)12(3,4)5/h2,8-10H2,1,3-7H3. The average molecular weight is 307 g/mol. The van der Waals surface area contributed by atoms with Crippen LogP contribution in [0.3, 0.4) is 0 Å². The van der Waals surface area contributed by atoms with E-state index in [0.717, 1.165) is 23.7 Å². The van der Waals surface area contributed by atoms with Crippen molar-refractivity contribution in [3.05, 3.63) is 12.3 Å². The molecule has 0 aromatic heterocycles. The van der Waals surface area contributed by atoms with Crippen LogP contribution in [0.2, 0.25) is 18.1 Å². The van der Waals surface area contributed by atoms with Gasteiger partial charge in [-0.05, 0) is 24.6 Å². The van der Waals surface area contributed by atoms with Crippen LogP contribution in [0.25, 0.3) is 0 Å². The largest absolute Gasteiger partial charge is 0.545 e. The lowest BCUT2D eigenvalue weighted by Gasteiger charge is -2.40. The third-order valence-electron chi connectivity index (χ3n) is 4.05. The summed E-state index contributed by atoms with van der Waals surface area (Å²) in [4.78, 5) is 0. The molecule has 106 valence electrons. The average Bonchev–Trinajstić information content (AvgIpc) is 2.58. The van der Waals surface area contributed by atoms with Gasteiger partial charge >= 0.3 is 0 Å². The Morgan fingerprint density at radius 1 is 1.50 bits per heavy atom. The van der Waals surface area contributed by atoms with Gasteiger partial charge in [-0.1, -0.05) is 34.3 Å². The van der Waals surface area contributed by atoms with E-state index >= 15 is 0 Å². The van der Waals surface area contributed by atoms with Crippen LogP contribution in [-0.2, 0) is 15.2 Å². The molecule has 0 aromatic rings. The summed E-state index contributed by atoms with van der Waals surface area (Å²) in [6.45, 7) is 17.3. The van der Waals surface area contributed by atoms with E-state index in [1.165, 1.54) is 0 Å². The number of hydrogen-bond donors (Lipinski definition) is 0. The lowest BCUT2D eigenvalue weighted by molar-refractivity contribution is 0.362. The van der Waals surface area contributed by atoms with E-state index < -0.39 is 19.1 Å². The van der Waals surface area contributed by atoms with Gasteiger partial charge in [-0.3, -0.25) is 4.21 Å². The van der Waals surface area contributed by atoms with Crippen molar-refractivity contribution in [2.75, 3.05) is 11.5 Å². The van der Waals surface area contributed by atoms with E-state index in [4.69, 9.17) is 4.43 Å². The van der Waals surface area contributed by atoms with Crippen molar-refractivity contribution in [1.82, 2.24) is 0 Å². The maximum absolute atomic E-state index is 12.3. The molecule has 1 aliphatic rings. The Morgan fingerprint density at radius 2 is 2.06 bits per heavy atom. The Morgan fingerprint density at radius 3 is 2.39 bits per heavy atom. The van der Waals surface area contributed by atoms with Gasteiger partial charge in [-0.25, -0.2) is 0 Å². The molecule has 1 rings (SSSR count). The Hall–Kier alpha value is 0.257. The van der Waals surface area contributed by atoms with Crippen LogP contribution in [0, 0.1) is 0 Å². The molecule has 0 spiro atoms. The monoisotopic (exact) mass is 306 g/mol. The van der Waals surface area contributed by atoms with Crippen LogP contribution in [0.15, 0.2) is 12.3 Å². The lowest BCUT2D eigenvalue weighted by Crippen LogP contribution is -2.44. The zero-order valence-corrected chi connectivity index (χ0v) is 15.1. The fourth-order valence-electron chi connectivity index (χ4n) is 1.72. The zero-order chi connectivity index (χ0) is 14.2. The molecule has 1 fully saturated rings. The summed E-state index contributed by atoms with van der Waals surface area (Å²) >= 11 is 1.75. The maximum atomic E-state index is 12.3. The molecule has 1 saturated heterocycles. The minimum atomic E-state index is -1.88. The molecule has 0 bridgehead atoms. The van der Waals surface area contributed by atoms with Gasteiger partial charge in [0.1, 0.15) is 9.84 Å². The summed E-state index contributed by atoms with van der Waals surface area (Å²) < 4.78 is 18.2. The van der Waals surface area contributed by atoms with Crippen molar-refractivity contribution in [3.63, 3.8) is 0 Å². The first-order valence-corrected chi connectivity index (χ1v) is 11.7. The van der Waals surface area contributed by atoms with Crippen LogP contribution in [0.4, 0.5) is 0 Å². The molecular formula is C13H26O2S2Si. The highest BCUT2D eigenvalue weighted by Crippen LogP contribution is 2.47. The molecule has 1 heterocycles. The van der Waals surface area contributed by atoms with Gasteiger partial charge in [0.25, 0.3) is 0 Å². The second kappa shape index (κ2) is 5.33. The fraction of sp³-hybridized carbons (Fsp3) is 0.846. The van der Waals surface area contributed by atoms with E-state index in [9.17, 15) is 4.21 Å². The van der Waals surface area contributed by atoms with Crippen molar-refractivity contribution in [2.45, 2.75) is 56.3 Å². The summed E-state index contributed by atoms with van der Waals surface area (Å²) in [6, 6.07) is 0. The van der Waals surface area contributed by atoms with Crippen LogP contribution in [0.1, 0.15) is 34.1 Å². The van der Waals surface area contributed by atoms with Crippen LogP contribution in [-0.4, -0.2) is 28.1 Å². The first-order chi connectivity index (χ1) is 8.07. The molecule has 2 unspecified atom stereocenters. The molecule has 2 atom stereocenters. The Labute approximate surface area is 120 Å². The van der Waals surface area contributed by atoms with E-state index in [-0.39, 0.29) is 9.12 Å². The zero-order valence-electron chi connectivity index (χ0n) is 12.5. The third-order valence-corrected chi connectivity index (χ3v) is 12.8. The Bertz CT molecular complexity index is 360. The number of hydrogen-bond acceptors (Lipinski definition) is 3. The first kappa shape index (κ1) is 16.3. The minimum absolute atomic E-state index is 0.148. The fourth-order valence-corrected chi connectivity index (χ4v) is 6.61. The van der Waals surface area contributed by atoms with Crippen LogP contribution < -0.4 is 0 Å². The summed E-state index contributed by atoms with van der Waals surface area (Å²) in [5.41, 5.74) is 0. The van der Waals surface area contributed by atoms with Gasteiger partial charge in [0.15, 0.2) is 0 Å². The maximum Gasteiger partial charge on any atom is 0.250 e. The quantitative estimate of drug-likeness (QED) is 0.577. The van der Waals surface area contributed by atoms with Crippen molar-refractivity contribution in [1.29, 1.82) is 0 Å². The van der Waals surface area contributed by atoms with Crippen molar-refractivity contribution in [3.8, 4) is 0 Å². The highest BCUT2D eigenvalue weighted by Gasteiger charge is 2.48. The molecule has 0 amide bonds.